The average Bonchev–Trinajstić information content (AvgIpc) is 3.16. The van der Waals surface area contributed by atoms with E-state index >= 15 is 0 Å². The van der Waals surface area contributed by atoms with Crippen LogP contribution >= 0.6 is 27.3 Å². The fraction of sp³-hybridized carbons (Fsp3) is 0.158. The van der Waals surface area contributed by atoms with Crippen molar-refractivity contribution in [2.45, 2.75) is 6.42 Å². The SMILES string of the molecule is COC(=O)CC(=O)c1cccnc1.COC(=O)c1sc(Br)nc1-c1cccnc1. The maximum atomic E-state index is 11.5. The predicted octanol–water partition coefficient (Wildman–Crippen LogP) is 3.58. The highest BCUT2D eigenvalue weighted by Crippen LogP contribution is 2.31. The summed E-state index contributed by atoms with van der Waals surface area (Å²) in [7, 11) is 2.60. The van der Waals surface area contributed by atoms with Gasteiger partial charge in [-0.15, -0.1) is 0 Å². The van der Waals surface area contributed by atoms with Crippen molar-refractivity contribution in [3.63, 3.8) is 0 Å². The molecular weight excluding hydrogens is 462 g/mol. The second kappa shape index (κ2) is 11.1. The number of hydrogen-bond acceptors (Lipinski definition) is 9. The number of halogens is 1. The molecule has 3 rings (SSSR count). The Bertz CT molecular complexity index is 980. The Morgan fingerprint density at radius 1 is 1.03 bits per heavy atom. The molecular formula is C19H16BrN3O5S. The van der Waals surface area contributed by atoms with Gasteiger partial charge in [-0.2, -0.15) is 0 Å². The summed E-state index contributed by atoms with van der Waals surface area (Å²) in [6.07, 6.45) is 6.08. The van der Waals surface area contributed by atoms with Gasteiger partial charge in [-0.3, -0.25) is 19.6 Å². The van der Waals surface area contributed by atoms with E-state index in [0.29, 0.717) is 20.1 Å². The Kier molecular flexibility index (Phi) is 8.56. The minimum absolute atomic E-state index is 0.234. The molecule has 3 aromatic rings. The van der Waals surface area contributed by atoms with Crippen molar-refractivity contribution in [1.82, 2.24) is 15.0 Å². The molecule has 0 aliphatic heterocycles. The number of carbonyl (C=O) groups excluding carboxylic acids is 3. The fourth-order valence-electron chi connectivity index (χ4n) is 2.06. The monoisotopic (exact) mass is 477 g/mol. The first-order chi connectivity index (χ1) is 14.0. The number of nitrogens with zero attached hydrogens (tertiary/aromatic N) is 3. The van der Waals surface area contributed by atoms with Gasteiger partial charge in [0.15, 0.2) is 9.70 Å². The van der Waals surface area contributed by atoms with Gasteiger partial charge in [0.25, 0.3) is 0 Å². The highest BCUT2D eigenvalue weighted by atomic mass is 79.9. The van der Waals surface area contributed by atoms with Crippen molar-refractivity contribution in [3.05, 3.63) is 63.4 Å². The van der Waals surface area contributed by atoms with Gasteiger partial charge in [-0.05, 0) is 40.2 Å². The standard InChI is InChI=1S/C10H7BrN2O2S.C9H9NO3/c1-15-9(14)8-7(13-10(11)16-8)6-3-2-4-12-5-6;1-13-9(12)5-8(11)7-3-2-4-10-6-7/h2-5H,1H3;2-4,6H,5H2,1H3. The van der Waals surface area contributed by atoms with Gasteiger partial charge in [0.1, 0.15) is 11.3 Å². The summed E-state index contributed by atoms with van der Waals surface area (Å²) in [5, 5.41) is 0. The van der Waals surface area contributed by atoms with E-state index in [1.165, 1.54) is 31.8 Å². The van der Waals surface area contributed by atoms with E-state index in [0.717, 1.165) is 5.56 Å². The average molecular weight is 478 g/mol. The molecule has 0 atom stereocenters. The number of Topliss-reactive ketones (excluding diaryl/α,β-unsaturated/α-hetero) is 1. The molecule has 0 saturated carbocycles. The van der Waals surface area contributed by atoms with Gasteiger partial charge in [0.2, 0.25) is 0 Å². The van der Waals surface area contributed by atoms with Crippen LogP contribution in [0, 0.1) is 0 Å². The lowest BCUT2D eigenvalue weighted by Gasteiger charge is -1.99. The van der Waals surface area contributed by atoms with Gasteiger partial charge >= 0.3 is 11.9 Å². The first kappa shape index (κ1) is 22.3. The van der Waals surface area contributed by atoms with Crippen LogP contribution in [0.1, 0.15) is 26.5 Å². The zero-order valence-electron chi connectivity index (χ0n) is 15.5. The number of aromatic nitrogens is 3. The molecule has 0 aromatic carbocycles. The topological polar surface area (TPSA) is 108 Å². The summed E-state index contributed by atoms with van der Waals surface area (Å²) in [5.74, 6) is -1.20. The summed E-state index contributed by atoms with van der Waals surface area (Å²) in [5.41, 5.74) is 1.81. The van der Waals surface area contributed by atoms with Crippen LogP contribution in [0.15, 0.2) is 53.0 Å². The molecule has 0 saturated heterocycles. The molecule has 0 bridgehead atoms. The summed E-state index contributed by atoms with van der Waals surface area (Å²) in [4.78, 5) is 46.0. The van der Waals surface area contributed by atoms with Crippen molar-refractivity contribution in [3.8, 4) is 11.3 Å². The number of thiazole rings is 1. The third-order valence-corrected chi connectivity index (χ3v) is 4.91. The lowest BCUT2D eigenvalue weighted by molar-refractivity contribution is -0.139. The summed E-state index contributed by atoms with van der Waals surface area (Å²) in [6, 6.07) is 6.90. The maximum absolute atomic E-state index is 11.5. The van der Waals surface area contributed by atoms with Crippen LogP contribution in [0.3, 0.4) is 0 Å². The first-order valence-corrected chi connectivity index (χ1v) is 9.72. The molecule has 0 aliphatic carbocycles. The molecule has 0 fully saturated rings. The normalized spacial score (nSPS) is 9.76. The third kappa shape index (κ3) is 6.54. The number of ketones is 1. The molecule has 0 radical (unpaired) electrons. The van der Waals surface area contributed by atoms with Crippen LogP contribution in [-0.2, 0) is 14.3 Å². The highest BCUT2D eigenvalue weighted by Gasteiger charge is 2.19. The van der Waals surface area contributed by atoms with Gasteiger partial charge in [-0.25, -0.2) is 9.78 Å². The van der Waals surface area contributed by atoms with E-state index in [-0.39, 0.29) is 18.2 Å². The number of hydrogen-bond donors (Lipinski definition) is 0. The Balaban J connectivity index is 0.000000212. The molecule has 0 amide bonds. The quantitative estimate of drug-likeness (QED) is 0.311. The van der Waals surface area contributed by atoms with E-state index < -0.39 is 5.97 Å². The minimum atomic E-state index is -0.533. The van der Waals surface area contributed by atoms with Crippen molar-refractivity contribution >= 4 is 45.0 Å². The molecule has 0 N–H and O–H groups in total. The van der Waals surface area contributed by atoms with Crippen molar-refractivity contribution in [2.24, 2.45) is 0 Å². The highest BCUT2D eigenvalue weighted by molar-refractivity contribution is 9.11. The van der Waals surface area contributed by atoms with Crippen molar-refractivity contribution in [2.75, 3.05) is 14.2 Å². The van der Waals surface area contributed by atoms with Gasteiger partial charge in [0.05, 0.1) is 19.9 Å². The molecule has 8 nitrogen and oxygen atoms in total. The largest absolute Gasteiger partial charge is 0.469 e. The molecule has 0 spiro atoms. The van der Waals surface area contributed by atoms with E-state index in [4.69, 9.17) is 4.74 Å². The molecule has 0 unspecified atom stereocenters. The Labute approximate surface area is 179 Å². The van der Waals surface area contributed by atoms with E-state index in [9.17, 15) is 14.4 Å². The molecule has 3 heterocycles. The van der Waals surface area contributed by atoms with Crippen LogP contribution in [0.2, 0.25) is 0 Å². The smallest absolute Gasteiger partial charge is 0.350 e. The number of rotatable bonds is 5. The second-order valence-corrected chi connectivity index (χ2v) is 7.57. The Morgan fingerprint density at radius 2 is 1.72 bits per heavy atom. The predicted molar refractivity (Wildman–Crippen MR) is 110 cm³/mol. The van der Waals surface area contributed by atoms with Crippen molar-refractivity contribution < 1.29 is 23.9 Å². The molecule has 150 valence electrons. The number of esters is 2. The number of methoxy groups -OCH3 is 2. The zero-order chi connectivity index (χ0) is 21.2. The lowest BCUT2D eigenvalue weighted by atomic mass is 10.1. The van der Waals surface area contributed by atoms with Gasteiger partial charge < -0.3 is 9.47 Å². The van der Waals surface area contributed by atoms with Gasteiger partial charge in [-0.1, -0.05) is 11.3 Å². The van der Waals surface area contributed by atoms with Crippen LogP contribution in [0.5, 0.6) is 0 Å². The van der Waals surface area contributed by atoms with E-state index in [2.05, 4.69) is 35.6 Å². The van der Waals surface area contributed by atoms with Crippen LogP contribution in [0.4, 0.5) is 0 Å². The van der Waals surface area contributed by atoms with E-state index in [1.807, 2.05) is 6.07 Å². The lowest BCUT2D eigenvalue weighted by Crippen LogP contribution is -2.09. The van der Waals surface area contributed by atoms with Crippen molar-refractivity contribution in [1.29, 1.82) is 0 Å². The number of ether oxygens (including phenoxy) is 2. The molecule has 3 aromatic heterocycles. The Hall–Kier alpha value is -2.98. The first-order valence-electron chi connectivity index (χ1n) is 8.11. The van der Waals surface area contributed by atoms with Crippen LogP contribution in [0.25, 0.3) is 11.3 Å². The van der Waals surface area contributed by atoms with Crippen LogP contribution < -0.4 is 0 Å². The third-order valence-electron chi connectivity index (χ3n) is 3.42. The molecule has 0 aliphatic rings. The minimum Gasteiger partial charge on any atom is -0.469 e. The second-order valence-electron chi connectivity index (χ2n) is 5.30. The van der Waals surface area contributed by atoms with Gasteiger partial charge in [0, 0.05) is 35.9 Å². The van der Waals surface area contributed by atoms with E-state index in [1.54, 1.807) is 36.8 Å². The summed E-state index contributed by atoms with van der Waals surface area (Å²) < 4.78 is 9.71. The van der Waals surface area contributed by atoms with Crippen LogP contribution in [-0.4, -0.2) is 46.9 Å². The molecule has 10 heteroatoms. The summed E-state index contributed by atoms with van der Waals surface area (Å²) >= 11 is 4.50. The number of pyridine rings is 2. The molecule has 29 heavy (non-hydrogen) atoms. The zero-order valence-corrected chi connectivity index (χ0v) is 17.9. The Morgan fingerprint density at radius 3 is 2.28 bits per heavy atom. The maximum Gasteiger partial charge on any atom is 0.350 e. The fourth-order valence-corrected chi connectivity index (χ4v) is 3.45. The number of carbonyl (C=O) groups is 3. The summed E-state index contributed by atoms with van der Waals surface area (Å²) in [6.45, 7) is 0.